The molecule has 0 spiro atoms. The molecule has 0 amide bonds. The normalized spacial score (nSPS) is 20.1. The van der Waals surface area contributed by atoms with Gasteiger partial charge < -0.3 is 34.2 Å². The second-order valence-electron chi connectivity index (χ2n) is 4.99. The minimum atomic E-state index is -5.34. The number of carbonyl (C=O) groups is 2. The molecule has 1 N–H and O–H groups in total. The van der Waals surface area contributed by atoms with Crippen LogP contribution in [0.15, 0.2) is 0 Å². The van der Waals surface area contributed by atoms with Gasteiger partial charge in [-0.2, -0.15) is 0 Å². The average molecular weight is 360 g/mol. The van der Waals surface area contributed by atoms with E-state index in [2.05, 4.69) is 0 Å². The molecule has 0 heterocycles. The molecule has 3 unspecified atom stereocenters. The molecule has 0 aromatic rings. The predicted molar refractivity (Wildman–Crippen MR) is 58.3 cm³/mol. The number of hydrogen-bond acceptors (Lipinski definition) is 6. The number of aliphatic carboxylic acids is 2. The van der Waals surface area contributed by atoms with E-state index in [9.17, 15) is 29.3 Å². The Morgan fingerprint density at radius 2 is 1.50 bits per heavy atom. The molecule has 1 aliphatic carbocycles. The van der Waals surface area contributed by atoms with Crippen molar-refractivity contribution in [1.82, 2.24) is 0 Å². The van der Waals surface area contributed by atoms with Gasteiger partial charge in [-0.05, 0) is 12.3 Å². The van der Waals surface area contributed by atoms with Crippen LogP contribution in [-0.2, 0) is 14.2 Å². The Morgan fingerprint density at radius 3 is 1.82 bits per heavy atom. The molecule has 0 saturated heterocycles. The van der Waals surface area contributed by atoms with Crippen LogP contribution in [0.1, 0.15) is 38.5 Å². The first kappa shape index (κ1) is 28.9. The molecular formula is C11H16Na3O7P. The maximum Gasteiger partial charge on any atom is 1.00 e. The third-order valence-corrected chi connectivity index (χ3v) is 4.86. The molecule has 0 radical (unpaired) electrons. The average Bonchev–Trinajstić information content (AvgIpc) is 2.27. The third-order valence-electron chi connectivity index (χ3n) is 3.59. The zero-order valence-electron chi connectivity index (χ0n) is 13.3. The summed E-state index contributed by atoms with van der Waals surface area (Å²) in [5, 5.41) is 21.8. The molecule has 1 saturated carbocycles. The Labute approximate surface area is 196 Å². The van der Waals surface area contributed by atoms with Gasteiger partial charge in [0.1, 0.15) is 7.60 Å². The molecule has 1 rings (SSSR count). The second kappa shape index (κ2) is 13.3. The van der Waals surface area contributed by atoms with Crippen LogP contribution >= 0.6 is 7.60 Å². The maximum absolute atomic E-state index is 11.0. The van der Waals surface area contributed by atoms with E-state index >= 15 is 0 Å². The first-order valence-corrected chi connectivity index (χ1v) is 7.83. The van der Waals surface area contributed by atoms with Crippen LogP contribution in [0.5, 0.6) is 0 Å². The van der Waals surface area contributed by atoms with Crippen molar-refractivity contribution < 1.29 is 123 Å². The number of carbonyl (C=O) groups excluding carboxylic acids is 2. The largest absolute Gasteiger partial charge is 1.00 e. The summed E-state index contributed by atoms with van der Waals surface area (Å²) >= 11 is 0. The van der Waals surface area contributed by atoms with Gasteiger partial charge in [0.15, 0.2) is 0 Å². The van der Waals surface area contributed by atoms with E-state index in [0.717, 1.165) is 32.1 Å². The van der Waals surface area contributed by atoms with Crippen LogP contribution in [0, 0.1) is 11.8 Å². The van der Waals surface area contributed by atoms with Crippen LogP contribution in [0.25, 0.3) is 0 Å². The summed E-state index contributed by atoms with van der Waals surface area (Å²) in [6.07, 6.45) is 4.13. The van der Waals surface area contributed by atoms with Crippen LogP contribution in [-0.4, -0.2) is 22.5 Å². The molecule has 0 aliphatic heterocycles. The van der Waals surface area contributed by atoms with Crippen LogP contribution in [0.4, 0.5) is 0 Å². The fourth-order valence-corrected chi connectivity index (χ4v) is 3.63. The van der Waals surface area contributed by atoms with Crippen molar-refractivity contribution in [1.29, 1.82) is 0 Å². The molecular weight excluding hydrogens is 344 g/mol. The van der Waals surface area contributed by atoms with Gasteiger partial charge in [0, 0.05) is 11.9 Å². The van der Waals surface area contributed by atoms with Crippen molar-refractivity contribution >= 4 is 19.5 Å². The summed E-state index contributed by atoms with van der Waals surface area (Å²) in [6, 6.07) is 0. The fourth-order valence-electron chi connectivity index (χ4n) is 2.66. The maximum atomic E-state index is 11.0. The number of hydrogen-bond donors (Lipinski definition) is 1. The van der Waals surface area contributed by atoms with E-state index in [1.807, 2.05) is 0 Å². The zero-order chi connectivity index (χ0) is 14.6. The first-order chi connectivity index (χ1) is 8.73. The van der Waals surface area contributed by atoms with Gasteiger partial charge in [0.05, 0.1) is 11.6 Å². The fraction of sp³-hybridized carbons (Fsp3) is 0.818. The van der Waals surface area contributed by atoms with E-state index in [1.165, 1.54) is 0 Å². The van der Waals surface area contributed by atoms with Crippen LogP contribution < -0.4 is 104 Å². The number of carboxylic acids is 2. The summed E-state index contributed by atoms with van der Waals surface area (Å²) in [5.41, 5.74) is -2.44. The summed E-state index contributed by atoms with van der Waals surface area (Å²) < 4.78 is 11.0. The number of carboxylic acid groups (broad SMARTS) is 2. The number of rotatable bonds is 6. The standard InChI is InChI=1S/C11H19O7P.3Na/c12-10(13)8(6-7-4-2-1-3-5-7)9(11(14)15)19(16,17)18;;;/h7-9H,1-6H2,(H,12,13)(H,14,15)(H2,16,17,18);;;/q;3*+1/p-3. The molecule has 1 fully saturated rings. The Bertz CT molecular complexity index is 395. The molecule has 110 valence electrons. The summed E-state index contributed by atoms with van der Waals surface area (Å²) in [7, 11) is -5.34. The summed E-state index contributed by atoms with van der Waals surface area (Å²) in [5.74, 6) is -5.73. The molecule has 0 aromatic heterocycles. The van der Waals surface area contributed by atoms with Gasteiger partial charge in [0.25, 0.3) is 0 Å². The van der Waals surface area contributed by atoms with Gasteiger partial charge in [-0.15, -0.1) is 0 Å². The Hall–Kier alpha value is 2.09. The van der Waals surface area contributed by atoms with E-state index in [4.69, 9.17) is 4.89 Å². The van der Waals surface area contributed by atoms with Crippen molar-refractivity contribution in [2.24, 2.45) is 11.8 Å². The monoisotopic (exact) mass is 360 g/mol. The topological polar surface area (TPSA) is 141 Å². The van der Waals surface area contributed by atoms with E-state index in [0.29, 0.717) is 0 Å². The molecule has 11 heteroatoms. The molecule has 0 aromatic carbocycles. The van der Waals surface area contributed by atoms with Crippen LogP contribution in [0.3, 0.4) is 0 Å². The van der Waals surface area contributed by atoms with Gasteiger partial charge in [-0.1, -0.05) is 32.1 Å². The summed E-state index contributed by atoms with van der Waals surface area (Å²) in [4.78, 5) is 41.7. The van der Waals surface area contributed by atoms with E-state index in [1.54, 1.807) is 0 Å². The first-order valence-electron chi connectivity index (χ1n) is 6.18. The quantitative estimate of drug-likeness (QED) is 0.366. The molecule has 7 nitrogen and oxygen atoms in total. The van der Waals surface area contributed by atoms with E-state index < -0.39 is 31.1 Å². The predicted octanol–water partition coefficient (Wildman–Crippen LogP) is -11.0. The van der Waals surface area contributed by atoms with Crippen molar-refractivity contribution in [2.75, 3.05) is 0 Å². The van der Waals surface area contributed by atoms with Gasteiger partial charge in [-0.25, -0.2) is 0 Å². The van der Waals surface area contributed by atoms with Crippen molar-refractivity contribution in [3.8, 4) is 0 Å². The van der Waals surface area contributed by atoms with Crippen LogP contribution in [0.2, 0.25) is 0 Å². The Morgan fingerprint density at radius 1 is 1.05 bits per heavy atom. The van der Waals surface area contributed by atoms with Crippen molar-refractivity contribution in [2.45, 2.75) is 44.2 Å². The van der Waals surface area contributed by atoms with Gasteiger partial charge in [-0.3, -0.25) is 0 Å². The Kier molecular flexibility index (Phi) is 17.5. The van der Waals surface area contributed by atoms with Crippen molar-refractivity contribution in [3.63, 3.8) is 0 Å². The Balaban J connectivity index is -0.00000120. The summed E-state index contributed by atoms with van der Waals surface area (Å²) in [6.45, 7) is 0. The zero-order valence-corrected chi connectivity index (χ0v) is 20.2. The smallest absolute Gasteiger partial charge is 0.778 e. The van der Waals surface area contributed by atoms with Gasteiger partial charge >= 0.3 is 88.7 Å². The molecule has 0 bridgehead atoms. The minimum absolute atomic E-state index is 0. The second-order valence-corrected chi connectivity index (χ2v) is 6.68. The third kappa shape index (κ3) is 9.54. The molecule has 3 atom stereocenters. The van der Waals surface area contributed by atoms with Crippen molar-refractivity contribution in [3.05, 3.63) is 0 Å². The molecule has 22 heavy (non-hydrogen) atoms. The van der Waals surface area contributed by atoms with E-state index in [-0.39, 0.29) is 101 Å². The molecule has 1 aliphatic rings. The SMILES string of the molecule is O=C([O-])C(CC1CCCCC1)C(C(=O)[O-])P(=O)([O-])O.[Na+].[Na+].[Na+]. The minimum Gasteiger partial charge on any atom is -0.778 e. The van der Waals surface area contributed by atoms with Gasteiger partial charge in [0.2, 0.25) is 0 Å².